The Labute approximate surface area is 471 Å². The second kappa shape index (κ2) is 21.9. The van der Waals surface area contributed by atoms with Crippen LogP contribution in [0.1, 0.15) is 208 Å². The zero-order chi connectivity index (χ0) is 52.6. The zero-order valence-electron chi connectivity index (χ0n) is 47.9. The van der Waals surface area contributed by atoms with Crippen LogP contribution in [-0.2, 0) is 0 Å². The summed E-state index contributed by atoms with van der Waals surface area (Å²) in [5, 5.41) is 25.2. The average molecular weight is 1340 g/mol. The summed E-state index contributed by atoms with van der Waals surface area (Å²) in [5.74, 6) is 0. The number of allylic oxidation sites excluding steroid dienone is 24. The van der Waals surface area contributed by atoms with Crippen molar-refractivity contribution in [3.05, 3.63) is 108 Å². The molecule has 0 bridgehead atoms. The van der Waals surface area contributed by atoms with E-state index < -0.39 is 115 Å². The van der Waals surface area contributed by atoms with Gasteiger partial charge in [0.2, 0.25) is 0 Å². The molecule has 0 unspecified atom stereocenters. The van der Waals surface area contributed by atoms with Crippen molar-refractivity contribution in [1.29, 1.82) is 0 Å². The molecule has 0 fully saturated rings. The van der Waals surface area contributed by atoms with E-state index in [4.69, 9.17) is 15.1 Å². The van der Waals surface area contributed by atoms with Gasteiger partial charge in [-0.3, -0.25) is 7.32 Å². The van der Waals surface area contributed by atoms with Crippen LogP contribution in [0.3, 0.4) is 0 Å². The van der Waals surface area contributed by atoms with Gasteiger partial charge in [-0.1, -0.05) is 0 Å². The van der Waals surface area contributed by atoms with Crippen molar-refractivity contribution in [2.75, 3.05) is 0 Å². The molecule has 6 aliphatic carbocycles. The van der Waals surface area contributed by atoms with E-state index >= 15 is 0 Å². The molecule has 3 nitrogen and oxygen atoms in total. The predicted molar refractivity (Wildman–Crippen MR) is 275 cm³/mol. The maximum atomic E-state index is 8.42. The van der Waals surface area contributed by atoms with Crippen molar-refractivity contribution in [2.24, 2.45) is 32.5 Å². The molecule has 67 heavy (non-hydrogen) atoms. The van der Waals surface area contributed by atoms with Gasteiger partial charge in [0.1, 0.15) is 0 Å². The van der Waals surface area contributed by atoms with Crippen molar-refractivity contribution < 1.29 is 123 Å². The average Bonchev–Trinajstić information content (AvgIpc) is 3.72. The molecule has 6 rings (SSSR count). The molecule has 0 aromatic heterocycles. The monoisotopic (exact) mass is 1340 g/mol. The Morgan fingerprint density at radius 3 is 0.373 bits per heavy atom. The van der Waals surface area contributed by atoms with Crippen molar-refractivity contribution in [3.63, 3.8) is 0 Å². The van der Waals surface area contributed by atoms with Gasteiger partial charge >= 0.3 is 456 Å². The Morgan fingerprint density at radius 2 is 0.313 bits per heavy atom. The molecule has 7 heteroatoms. The van der Waals surface area contributed by atoms with E-state index in [1.165, 1.54) is 33.4 Å². The van der Waals surface area contributed by atoms with Gasteiger partial charge in [-0.2, -0.15) is 0 Å². The van der Waals surface area contributed by atoms with Gasteiger partial charge in [0, 0.05) is 0 Å². The van der Waals surface area contributed by atoms with Crippen LogP contribution in [0.15, 0.2) is 108 Å². The van der Waals surface area contributed by atoms with Crippen LogP contribution in [0.25, 0.3) is 0 Å². The van der Waals surface area contributed by atoms with Crippen molar-refractivity contribution >= 4 is 7.32 Å². The summed E-state index contributed by atoms with van der Waals surface area (Å²) in [6.45, 7) is 71.0. The van der Waals surface area contributed by atoms with Gasteiger partial charge in [-0.15, -0.1) is 0 Å². The van der Waals surface area contributed by atoms with Crippen LogP contribution in [-0.4, -0.2) is 7.32 Å². The molecule has 0 aromatic carbocycles. The second-order valence-corrected chi connectivity index (χ2v) is 31.9. The smallest absolute Gasteiger partial charge is 0.278 e. The molecule has 0 atom stereocenters. The minimum absolute atomic E-state index is 0.272. The summed E-state index contributed by atoms with van der Waals surface area (Å²) in [5.41, 5.74) is 29.9. The van der Waals surface area contributed by atoms with Gasteiger partial charge in [0.15, 0.2) is 0 Å². The summed E-state index contributed by atoms with van der Waals surface area (Å²) in [7, 11) is -2.92. The molecule has 0 amide bonds. The Kier molecular flexibility index (Phi) is 20.3. The van der Waals surface area contributed by atoms with E-state index in [1.54, 1.807) is 75.0 Å². The zero-order valence-corrected chi connectivity index (χ0v) is 54.7. The molecule has 0 heterocycles. The first-order valence-electron chi connectivity index (χ1n) is 24.3. The van der Waals surface area contributed by atoms with Crippen LogP contribution in [0.4, 0.5) is 0 Å². The van der Waals surface area contributed by atoms with Gasteiger partial charge < -0.3 is 15.1 Å². The van der Waals surface area contributed by atoms with E-state index in [9.17, 15) is 0 Å². The van der Waals surface area contributed by atoms with E-state index in [1.807, 2.05) is 0 Å². The minimum Gasteiger partial charge on any atom is -0.907 e. The summed E-state index contributed by atoms with van der Waals surface area (Å²) in [6.07, 6.45) is 0. The Hall–Kier alpha value is 0.799. The van der Waals surface area contributed by atoms with Crippen molar-refractivity contribution in [3.8, 4) is 0 Å². The third kappa shape index (κ3) is 11.4. The topological polar surface area (TPSA) is 69.2 Å². The maximum Gasteiger partial charge on any atom is -0.278 e. The third-order valence-electron chi connectivity index (χ3n) is 18.0. The summed E-state index contributed by atoms with van der Waals surface area (Å²) >= 11 is -1.17. The maximum absolute atomic E-state index is 8.42. The number of hydrogen-bond donors (Lipinski definition) is 0. The molecule has 0 spiro atoms. The molecular weight excluding hydrogens is 1250 g/mol. The van der Waals surface area contributed by atoms with Crippen LogP contribution < -0.4 is 15.1 Å². The molecule has 375 valence electrons. The quantitative estimate of drug-likeness (QED) is 0.249. The van der Waals surface area contributed by atoms with Crippen LogP contribution in [0, 0.1) is 140 Å². The van der Waals surface area contributed by atoms with E-state index in [2.05, 4.69) is 208 Å². The first-order chi connectivity index (χ1) is 30.0. The Morgan fingerprint density at radius 1 is 0.224 bits per heavy atom. The number of rotatable bonds is 6. The van der Waals surface area contributed by atoms with Crippen molar-refractivity contribution in [1.82, 2.24) is 0 Å². The molecule has 0 aromatic rings. The fraction of sp³-hybridized carbons (Fsp3) is 0.600. The summed E-state index contributed by atoms with van der Waals surface area (Å²) in [4.78, 5) is 0. The standard InChI is InChI=1S/6C10H15.BO3.3Gd/c6*1-7-6-10(4,5)9(3)8(7)2;2-1(3)4;;;/h6*1-5H3;;;;/q;;;;;;-3;3*+1. The van der Waals surface area contributed by atoms with Gasteiger partial charge in [0.05, 0.1) is 0 Å². The summed E-state index contributed by atoms with van der Waals surface area (Å²) < 4.78 is 10.6. The van der Waals surface area contributed by atoms with Gasteiger partial charge in [-0.05, 0) is 0 Å². The van der Waals surface area contributed by atoms with Gasteiger partial charge in [-0.25, -0.2) is 0 Å². The Bertz CT molecular complexity index is 2070. The predicted octanol–water partition coefficient (Wildman–Crippen LogP) is 15.2. The largest absolute Gasteiger partial charge is 0.907 e. The van der Waals surface area contributed by atoms with E-state index in [0.29, 0.717) is 0 Å². The van der Waals surface area contributed by atoms with Gasteiger partial charge in [0.25, 0.3) is 0 Å². The minimum atomic E-state index is -2.92. The molecule has 6 aliphatic rings. The fourth-order valence-electron chi connectivity index (χ4n) is 10.6. The van der Waals surface area contributed by atoms with Crippen molar-refractivity contribution in [2.45, 2.75) is 208 Å². The third-order valence-corrected chi connectivity index (χ3v) is 35.0. The number of hydrogen-bond acceptors (Lipinski definition) is 3. The molecule has 0 N–H and O–H groups in total. The SMILES string of the molecule is CC1=C(C)C(C)(C)[C]([Gd+][C]2=C(C)C(C)=C(C)C2(C)C)=C1C.CC1=C(C)C(C)(C)[C]([Gd+][C]2=C(C)C(C)=C(C)C2(C)C)=C1C.CC1=C(C)C(C)(C)[C]([Gd+][C]2=C(C)C(C)=C(C)C2(C)C)=C1C.[O-]B([O-])[O-]. The molecule has 0 radical (unpaired) electrons. The van der Waals surface area contributed by atoms with Crippen LogP contribution >= 0.6 is 0 Å². The Balaban J connectivity index is 0.000000256. The molecular formula is C60H90BGd3O3. The normalized spacial score (nSPS) is 23.8. The van der Waals surface area contributed by atoms with E-state index in [0.717, 1.165) is 0 Å². The molecule has 0 aliphatic heterocycles. The second-order valence-electron chi connectivity index (χ2n) is 23.4. The van der Waals surface area contributed by atoms with E-state index in [-0.39, 0.29) is 32.5 Å². The first-order valence-corrected chi connectivity index (χ1v) is 31.1. The first kappa shape index (κ1) is 62.1. The van der Waals surface area contributed by atoms with Crippen LogP contribution in [0.5, 0.6) is 0 Å². The molecule has 0 saturated heterocycles. The van der Waals surface area contributed by atoms with Crippen LogP contribution in [0.2, 0.25) is 0 Å². The summed E-state index contributed by atoms with van der Waals surface area (Å²) in [6, 6.07) is 0. The fourth-order valence-corrected chi connectivity index (χ4v) is 24.2. The molecule has 0 saturated carbocycles.